The van der Waals surface area contributed by atoms with Gasteiger partial charge in [-0.3, -0.25) is 9.79 Å². The molecule has 1 aliphatic heterocycles. The number of hydrogen-bond acceptors (Lipinski definition) is 4. The Morgan fingerprint density at radius 1 is 1.23 bits per heavy atom. The number of aliphatic imine (C=N–C) groups is 1. The molecule has 2 fully saturated rings. The second kappa shape index (κ2) is 11.3. The molecular formula is C16H32IN5O3S. The normalized spacial score (nSPS) is 21.7. The lowest BCUT2D eigenvalue weighted by atomic mass is 9.86. The summed E-state index contributed by atoms with van der Waals surface area (Å²) in [5.74, 6) is 1.17. The first-order chi connectivity index (χ1) is 11.9. The van der Waals surface area contributed by atoms with E-state index in [1.165, 1.54) is 6.42 Å². The molecule has 1 aliphatic carbocycles. The number of carbonyl (C=O) groups excluding carboxylic acids is 1. The molecule has 1 saturated heterocycles. The van der Waals surface area contributed by atoms with Crippen molar-refractivity contribution >= 4 is 45.9 Å². The number of hydrogen-bond donors (Lipinski definition) is 3. The highest BCUT2D eigenvalue weighted by Gasteiger charge is 2.24. The molecule has 0 spiro atoms. The van der Waals surface area contributed by atoms with Crippen molar-refractivity contribution in [1.82, 2.24) is 14.9 Å². The van der Waals surface area contributed by atoms with Gasteiger partial charge in [-0.25, -0.2) is 13.1 Å². The van der Waals surface area contributed by atoms with E-state index < -0.39 is 10.0 Å². The predicted octanol–water partition coefficient (Wildman–Crippen LogP) is 0.487. The Morgan fingerprint density at radius 2 is 1.92 bits per heavy atom. The van der Waals surface area contributed by atoms with Gasteiger partial charge < -0.3 is 16.0 Å². The van der Waals surface area contributed by atoms with E-state index in [0.29, 0.717) is 31.4 Å². The minimum absolute atomic E-state index is 0. The Morgan fingerprint density at radius 3 is 2.50 bits per heavy atom. The van der Waals surface area contributed by atoms with Gasteiger partial charge in [-0.1, -0.05) is 6.42 Å². The van der Waals surface area contributed by atoms with Gasteiger partial charge in [0.2, 0.25) is 15.9 Å². The lowest BCUT2D eigenvalue weighted by Gasteiger charge is -2.34. The maximum absolute atomic E-state index is 12.0. The van der Waals surface area contributed by atoms with Crippen LogP contribution in [-0.2, 0) is 14.8 Å². The molecule has 1 saturated carbocycles. The summed E-state index contributed by atoms with van der Waals surface area (Å²) in [7, 11) is -1.58. The van der Waals surface area contributed by atoms with Gasteiger partial charge in [0.05, 0.1) is 5.75 Å². The van der Waals surface area contributed by atoms with Gasteiger partial charge in [-0.2, -0.15) is 0 Å². The number of carbonyl (C=O) groups is 1. The van der Waals surface area contributed by atoms with Crippen LogP contribution in [0.15, 0.2) is 4.99 Å². The molecule has 0 radical (unpaired) electrons. The number of rotatable bonds is 8. The molecule has 0 aromatic carbocycles. The van der Waals surface area contributed by atoms with Gasteiger partial charge in [0.15, 0.2) is 5.96 Å². The number of nitrogens with zero attached hydrogens (tertiary/aromatic N) is 2. The van der Waals surface area contributed by atoms with Crippen LogP contribution in [0.25, 0.3) is 0 Å². The van der Waals surface area contributed by atoms with Gasteiger partial charge in [0, 0.05) is 39.6 Å². The fraction of sp³-hybridized carbons (Fsp3) is 0.875. The second-order valence-corrected chi connectivity index (χ2v) is 8.99. The van der Waals surface area contributed by atoms with Gasteiger partial charge >= 0.3 is 0 Å². The van der Waals surface area contributed by atoms with Crippen LogP contribution in [0, 0.1) is 11.8 Å². The van der Waals surface area contributed by atoms with Gasteiger partial charge in [0.1, 0.15) is 0 Å². The molecule has 0 aromatic rings. The molecule has 1 unspecified atom stereocenters. The predicted molar refractivity (Wildman–Crippen MR) is 114 cm³/mol. The van der Waals surface area contributed by atoms with E-state index in [-0.39, 0.29) is 41.6 Å². The fourth-order valence-electron chi connectivity index (χ4n) is 3.35. The highest BCUT2D eigenvalue weighted by Crippen LogP contribution is 2.25. The zero-order valence-corrected chi connectivity index (χ0v) is 18.6. The highest BCUT2D eigenvalue weighted by atomic mass is 127. The molecular weight excluding hydrogens is 469 g/mol. The van der Waals surface area contributed by atoms with E-state index in [4.69, 9.17) is 5.73 Å². The first-order valence-corrected chi connectivity index (χ1v) is 10.8. The van der Waals surface area contributed by atoms with Crippen LogP contribution in [-0.4, -0.2) is 64.2 Å². The van der Waals surface area contributed by atoms with Crippen LogP contribution in [0.1, 0.15) is 38.5 Å². The number of nitrogens with one attached hydrogen (secondary N) is 2. The Hall–Kier alpha value is -0.620. The number of guanidine groups is 1. The van der Waals surface area contributed by atoms with Crippen LogP contribution >= 0.6 is 24.0 Å². The number of nitrogens with two attached hydrogens (primary N) is 1. The Labute approximate surface area is 173 Å². The molecule has 2 aliphatic rings. The van der Waals surface area contributed by atoms with Crippen LogP contribution in [0.4, 0.5) is 0 Å². The third-order valence-electron chi connectivity index (χ3n) is 4.99. The first-order valence-electron chi connectivity index (χ1n) is 9.11. The summed E-state index contributed by atoms with van der Waals surface area (Å²) in [6.45, 7) is 2.43. The summed E-state index contributed by atoms with van der Waals surface area (Å²) in [5, 5.41) is 3.13. The minimum Gasteiger partial charge on any atom is -0.370 e. The van der Waals surface area contributed by atoms with E-state index >= 15 is 0 Å². The monoisotopic (exact) mass is 501 g/mol. The quantitative estimate of drug-likeness (QED) is 0.254. The molecule has 2 rings (SSSR count). The molecule has 4 N–H and O–H groups in total. The summed E-state index contributed by atoms with van der Waals surface area (Å²) in [4.78, 5) is 17.4. The van der Waals surface area contributed by atoms with Crippen molar-refractivity contribution in [3.05, 3.63) is 0 Å². The van der Waals surface area contributed by atoms with Crippen LogP contribution in [0.2, 0.25) is 0 Å². The van der Waals surface area contributed by atoms with Crippen molar-refractivity contribution in [3.63, 3.8) is 0 Å². The van der Waals surface area contributed by atoms with Crippen molar-refractivity contribution in [2.24, 2.45) is 22.6 Å². The SMILES string of the molecule is CN=C(NCCS(=O)(=O)NCC1CCC1)N1CCCC(CC(N)=O)C1.I. The largest absolute Gasteiger partial charge is 0.370 e. The number of sulfonamides is 1. The molecule has 0 aromatic heterocycles. The number of primary amides is 1. The third kappa shape index (κ3) is 7.95. The van der Waals surface area contributed by atoms with Gasteiger partial charge in [0.25, 0.3) is 0 Å². The minimum atomic E-state index is -3.26. The molecule has 152 valence electrons. The number of amides is 1. The third-order valence-corrected chi connectivity index (χ3v) is 6.34. The van der Waals surface area contributed by atoms with Crippen molar-refractivity contribution in [3.8, 4) is 0 Å². The lowest BCUT2D eigenvalue weighted by molar-refractivity contribution is -0.119. The number of piperidine rings is 1. The number of halogens is 1. The van der Waals surface area contributed by atoms with Crippen LogP contribution < -0.4 is 15.8 Å². The molecule has 0 bridgehead atoms. The van der Waals surface area contributed by atoms with E-state index in [9.17, 15) is 13.2 Å². The summed E-state index contributed by atoms with van der Waals surface area (Å²) in [6, 6.07) is 0. The smallest absolute Gasteiger partial charge is 0.217 e. The van der Waals surface area contributed by atoms with Gasteiger partial charge in [-0.05, 0) is 37.5 Å². The number of likely N-dealkylation sites (tertiary alicyclic amines) is 1. The van der Waals surface area contributed by atoms with E-state index in [0.717, 1.165) is 38.8 Å². The fourth-order valence-corrected chi connectivity index (χ4v) is 4.36. The highest BCUT2D eigenvalue weighted by molar-refractivity contribution is 14.0. The Kier molecular flexibility index (Phi) is 10.2. The van der Waals surface area contributed by atoms with E-state index in [1.807, 2.05) is 0 Å². The van der Waals surface area contributed by atoms with Crippen LogP contribution in [0.3, 0.4) is 0 Å². The Bertz CT molecular complexity index is 580. The topological polar surface area (TPSA) is 117 Å². The van der Waals surface area contributed by atoms with Gasteiger partial charge in [-0.15, -0.1) is 24.0 Å². The standard InChI is InChI=1S/C16H31N5O3S.HI/c1-18-16(21-8-3-6-14(12-21)10-15(17)22)19-7-9-25(23,24)20-11-13-4-2-5-13;/h13-14,20H,2-12H2,1H3,(H2,17,22)(H,18,19);1H. The maximum Gasteiger partial charge on any atom is 0.217 e. The average molecular weight is 501 g/mol. The molecule has 1 atom stereocenters. The van der Waals surface area contributed by atoms with E-state index in [2.05, 4.69) is 19.9 Å². The zero-order valence-electron chi connectivity index (χ0n) is 15.4. The maximum atomic E-state index is 12.0. The average Bonchev–Trinajstić information content (AvgIpc) is 2.49. The van der Waals surface area contributed by atoms with Crippen molar-refractivity contribution in [1.29, 1.82) is 0 Å². The second-order valence-electron chi connectivity index (χ2n) is 7.06. The summed E-state index contributed by atoms with van der Waals surface area (Å²) >= 11 is 0. The molecule has 26 heavy (non-hydrogen) atoms. The van der Waals surface area contributed by atoms with Crippen molar-refractivity contribution in [2.45, 2.75) is 38.5 Å². The molecule has 10 heteroatoms. The summed E-state index contributed by atoms with van der Waals surface area (Å²) < 4.78 is 26.8. The van der Waals surface area contributed by atoms with E-state index in [1.54, 1.807) is 7.05 Å². The lowest BCUT2D eigenvalue weighted by Crippen LogP contribution is -2.48. The molecule has 8 nitrogen and oxygen atoms in total. The first kappa shape index (κ1) is 23.4. The summed E-state index contributed by atoms with van der Waals surface area (Å²) in [6.07, 6.45) is 5.78. The molecule has 1 heterocycles. The van der Waals surface area contributed by atoms with Crippen LogP contribution in [0.5, 0.6) is 0 Å². The van der Waals surface area contributed by atoms with Crippen molar-refractivity contribution in [2.75, 3.05) is 39.0 Å². The Balaban J connectivity index is 0.00000338. The summed E-state index contributed by atoms with van der Waals surface area (Å²) in [5.41, 5.74) is 5.29. The molecule has 1 amide bonds. The van der Waals surface area contributed by atoms with Crippen molar-refractivity contribution < 1.29 is 13.2 Å². The zero-order chi connectivity index (χ0) is 18.3.